The minimum absolute atomic E-state index is 0.288. The Morgan fingerprint density at radius 2 is 1.70 bits per heavy atom. The van der Waals surface area contributed by atoms with Gasteiger partial charge >= 0.3 is 0 Å². The molecule has 0 bridgehead atoms. The van der Waals surface area contributed by atoms with E-state index in [4.69, 9.17) is 5.11 Å². The smallest absolute Gasteiger partial charge is 0.136 e. The molecule has 0 aromatic heterocycles. The molecule has 0 saturated heterocycles. The molecule has 0 aromatic carbocycles. The highest BCUT2D eigenvalue weighted by Gasteiger charge is 2.53. The van der Waals surface area contributed by atoms with Gasteiger partial charge in [0.05, 0.1) is 0 Å². The van der Waals surface area contributed by atoms with E-state index < -0.39 is 0 Å². The highest BCUT2D eigenvalue weighted by molar-refractivity contribution is 5.83. The first-order valence-electron chi connectivity index (χ1n) is 8.35. The van der Waals surface area contributed by atoms with Crippen LogP contribution >= 0.6 is 0 Å². The van der Waals surface area contributed by atoms with Gasteiger partial charge in [0.25, 0.3) is 0 Å². The van der Waals surface area contributed by atoms with Crippen molar-refractivity contribution in [2.45, 2.75) is 66.7 Å². The normalized spacial score (nSPS) is 37.5. The van der Waals surface area contributed by atoms with E-state index in [1.807, 2.05) is 0 Å². The molecule has 0 spiro atoms. The second-order valence-electron chi connectivity index (χ2n) is 7.65. The number of ketones is 1. The minimum Gasteiger partial charge on any atom is -0.400 e. The number of Topliss-reactive ketones (excluding diaryl/α,β-unsaturated/α-hetero) is 1. The Hall–Kier alpha value is -0.370. The molecule has 2 heteroatoms. The van der Waals surface area contributed by atoms with Gasteiger partial charge in [-0.05, 0) is 41.9 Å². The molecule has 2 aliphatic rings. The molecule has 4 unspecified atom stereocenters. The quantitative estimate of drug-likeness (QED) is 0.819. The molecule has 20 heavy (non-hydrogen) atoms. The first-order valence-corrected chi connectivity index (χ1v) is 8.35. The van der Waals surface area contributed by atoms with Crippen LogP contribution in [0.25, 0.3) is 0 Å². The van der Waals surface area contributed by atoms with E-state index in [2.05, 4.69) is 34.6 Å². The number of aliphatic hydroxyl groups is 1. The predicted octanol–water partition coefficient (Wildman–Crippen LogP) is 4.31. The Morgan fingerprint density at radius 3 is 2.20 bits per heavy atom. The molecule has 0 amide bonds. The maximum absolute atomic E-state index is 12.5. The number of hydrogen-bond acceptors (Lipinski definition) is 2. The fraction of sp³-hybridized carbons (Fsp3) is 0.944. The van der Waals surface area contributed by atoms with Crippen LogP contribution < -0.4 is 0 Å². The molecule has 2 fully saturated rings. The number of carbonyl (C=O) groups is 1. The highest BCUT2D eigenvalue weighted by Crippen LogP contribution is 2.57. The van der Waals surface area contributed by atoms with Crippen molar-refractivity contribution >= 4 is 5.78 Å². The summed E-state index contributed by atoms with van der Waals surface area (Å²) in [7, 11) is 1.00. The zero-order valence-corrected chi connectivity index (χ0v) is 14.3. The van der Waals surface area contributed by atoms with Gasteiger partial charge in [-0.2, -0.15) is 0 Å². The van der Waals surface area contributed by atoms with E-state index >= 15 is 0 Å². The second kappa shape index (κ2) is 7.06. The zero-order valence-electron chi connectivity index (χ0n) is 14.3. The highest BCUT2D eigenvalue weighted by atomic mass is 16.2. The van der Waals surface area contributed by atoms with Crippen molar-refractivity contribution in [1.82, 2.24) is 0 Å². The Bertz CT molecular complexity index is 321. The Morgan fingerprint density at radius 1 is 1.10 bits per heavy atom. The molecule has 2 nitrogen and oxygen atoms in total. The molecule has 2 aliphatic carbocycles. The molecule has 0 heterocycles. The van der Waals surface area contributed by atoms with Crippen molar-refractivity contribution in [3.8, 4) is 0 Å². The third-order valence-corrected chi connectivity index (χ3v) is 5.88. The van der Waals surface area contributed by atoms with Crippen molar-refractivity contribution in [2.75, 3.05) is 7.11 Å². The summed E-state index contributed by atoms with van der Waals surface area (Å²) in [4.78, 5) is 12.5. The number of carbonyl (C=O) groups excluding carboxylic acids is 1. The summed E-state index contributed by atoms with van der Waals surface area (Å²) < 4.78 is 0. The van der Waals surface area contributed by atoms with Crippen LogP contribution in [-0.2, 0) is 4.79 Å². The summed E-state index contributed by atoms with van der Waals surface area (Å²) in [5.74, 6) is 3.64. The number of rotatable bonds is 2. The summed E-state index contributed by atoms with van der Waals surface area (Å²) in [6.07, 6.45) is 5.87. The summed E-state index contributed by atoms with van der Waals surface area (Å²) >= 11 is 0. The van der Waals surface area contributed by atoms with Gasteiger partial charge in [-0.15, -0.1) is 0 Å². The van der Waals surface area contributed by atoms with Crippen molar-refractivity contribution in [1.29, 1.82) is 0 Å². The van der Waals surface area contributed by atoms with Crippen LogP contribution in [0.5, 0.6) is 0 Å². The van der Waals surface area contributed by atoms with Crippen LogP contribution in [0.1, 0.15) is 66.7 Å². The molecule has 118 valence electrons. The minimum atomic E-state index is 0.288. The zero-order chi connectivity index (χ0) is 15.5. The molecular weight excluding hydrogens is 248 g/mol. The molecule has 4 atom stereocenters. The van der Waals surface area contributed by atoms with Crippen molar-refractivity contribution in [2.24, 2.45) is 35.0 Å². The van der Waals surface area contributed by atoms with E-state index in [0.29, 0.717) is 29.5 Å². The molecule has 2 rings (SSSR count). The molecule has 1 N–H and O–H groups in total. The molecule has 0 aliphatic heterocycles. The fourth-order valence-electron chi connectivity index (χ4n) is 5.18. The lowest BCUT2D eigenvalue weighted by atomic mass is 9.48. The van der Waals surface area contributed by atoms with Crippen molar-refractivity contribution in [3.63, 3.8) is 0 Å². The largest absolute Gasteiger partial charge is 0.400 e. The maximum Gasteiger partial charge on any atom is 0.136 e. The van der Waals surface area contributed by atoms with Gasteiger partial charge in [-0.25, -0.2) is 0 Å². The standard InChI is InChI=1S/C17H30O.CH4O/c1-11(2)13-10-15(18)14-8-6-7-9-17(14,5)16(13)12(3)4;1-2/h11-14,16H,6-10H2,1-5H3;2H,1H3. The molecular formula is C18H34O2. The first kappa shape index (κ1) is 17.7. The second-order valence-corrected chi connectivity index (χ2v) is 7.65. The van der Waals surface area contributed by atoms with Crippen LogP contribution in [-0.4, -0.2) is 18.0 Å². The summed E-state index contributed by atoms with van der Waals surface area (Å²) in [5, 5.41) is 7.00. The molecule has 0 radical (unpaired) electrons. The average Bonchev–Trinajstić information content (AvgIpc) is 2.39. The first-order chi connectivity index (χ1) is 9.38. The summed E-state index contributed by atoms with van der Waals surface area (Å²) in [6, 6.07) is 0. The summed E-state index contributed by atoms with van der Waals surface area (Å²) in [5.41, 5.74) is 0.288. The molecule has 2 saturated carbocycles. The van der Waals surface area contributed by atoms with Crippen LogP contribution in [0.15, 0.2) is 0 Å². The molecule has 0 aromatic rings. The SMILES string of the molecule is CC(C)C1CC(=O)C2CCCCC2(C)C1C(C)C.CO. The van der Waals surface area contributed by atoms with E-state index in [9.17, 15) is 4.79 Å². The van der Waals surface area contributed by atoms with Gasteiger partial charge in [-0.3, -0.25) is 4.79 Å². The van der Waals surface area contributed by atoms with Crippen LogP contribution in [0, 0.1) is 35.0 Å². The number of hydrogen-bond donors (Lipinski definition) is 1. The number of aliphatic hydroxyl groups excluding tert-OH is 1. The van der Waals surface area contributed by atoms with Gasteiger partial charge in [-0.1, -0.05) is 47.5 Å². The van der Waals surface area contributed by atoms with Crippen LogP contribution in [0.2, 0.25) is 0 Å². The van der Waals surface area contributed by atoms with E-state index in [-0.39, 0.29) is 5.41 Å². The monoisotopic (exact) mass is 282 g/mol. The van der Waals surface area contributed by atoms with Crippen LogP contribution in [0.4, 0.5) is 0 Å². The lowest BCUT2D eigenvalue weighted by Gasteiger charge is -2.55. The van der Waals surface area contributed by atoms with Gasteiger partial charge in [0.2, 0.25) is 0 Å². The van der Waals surface area contributed by atoms with E-state index in [0.717, 1.165) is 25.9 Å². The fourth-order valence-corrected chi connectivity index (χ4v) is 5.18. The maximum atomic E-state index is 12.5. The lowest BCUT2D eigenvalue weighted by molar-refractivity contribution is -0.146. The number of fused-ring (bicyclic) bond motifs is 1. The van der Waals surface area contributed by atoms with Gasteiger partial charge in [0, 0.05) is 19.4 Å². The Kier molecular flexibility index (Phi) is 6.25. The van der Waals surface area contributed by atoms with Gasteiger partial charge < -0.3 is 5.11 Å². The van der Waals surface area contributed by atoms with E-state index in [1.165, 1.54) is 19.3 Å². The van der Waals surface area contributed by atoms with Gasteiger partial charge in [0.15, 0.2) is 0 Å². The third-order valence-electron chi connectivity index (χ3n) is 5.88. The lowest BCUT2D eigenvalue weighted by Crippen LogP contribution is -2.52. The third kappa shape index (κ3) is 3.10. The topological polar surface area (TPSA) is 37.3 Å². The predicted molar refractivity (Wildman–Crippen MR) is 84.5 cm³/mol. The van der Waals surface area contributed by atoms with E-state index in [1.54, 1.807) is 0 Å². The van der Waals surface area contributed by atoms with Gasteiger partial charge in [0.1, 0.15) is 5.78 Å². The van der Waals surface area contributed by atoms with Crippen molar-refractivity contribution in [3.05, 3.63) is 0 Å². The van der Waals surface area contributed by atoms with Crippen LogP contribution in [0.3, 0.4) is 0 Å². The van der Waals surface area contributed by atoms with Crippen molar-refractivity contribution < 1.29 is 9.90 Å². The average molecular weight is 282 g/mol. The summed E-state index contributed by atoms with van der Waals surface area (Å²) in [6.45, 7) is 11.8. The Labute approximate surface area is 125 Å². The Balaban J connectivity index is 0.000000956.